The Morgan fingerprint density at radius 2 is 0.950 bits per heavy atom. The number of rotatable bonds is 42. The molecule has 60 heavy (non-hydrogen) atoms. The van der Waals surface area contributed by atoms with E-state index in [0.29, 0.717) is 17.4 Å². The smallest absolute Gasteiger partial charge is 0.306 e. The maximum atomic E-state index is 12.6. The minimum absolute atomic E-state index is 0.0331. The van der Waals surface area contributed by atoms with Gasteiger partial charge in [0.15, 0.2) is 6.10 Å². The topological polar surface area (TPSA) is 111 Å². The van der Waals surface area contributed by atoms with E-state index >= 15 is 0 Å². The first-order valence-electron chi connectivity index (χ1n) is 23.6. The monoisotopic (exact) mass is 862 g/mol. The highest BCUT2D eigenvalue weighted by atomic mass is 31.2. The average molecular weight is 862 g/mol. The van der Waals surface area contributed by atoms with Crippen molar-refractivity contribution in [3.05, 3.63) is 72.9 Å². The number of hydrogen-bond donors (Lipinski definition) is 0. The lowest BCUT2D eigenvalue weighted by Crippen LogP contribution is -2.37. The van der Waals surface area contributed by atoms with Crippen LogP contribution in [0.5, 0.6) is 0 Å². The van der Waals surface area contributed by atoms with Crippen molar-refractivity contribution in [1.29, 1.82) is 0 Å². The molecule has 0 aromatic heterocycles. The van der Waals surface area contributed by atoms with Gasteiger partial charge in [-0.05, 0) is 64.2 Å². The molecule has 0 aromatic carbocycles. The lowest BCUT2D eigenvalue weighted by atomic mass is 10.0. The van der Waals surface area contributed by atoms with Crippen molar-refractivity contribution in [3.63, 3.8) is 0 Å². The van der Waals surface area contributed by atoms with Crippen molar-refractivity contribution in [2.75, 3.05) is 47.5 Å². The van der Waals surface area contributed by atoms with Crippen LogP contribution in [0.3, 0.4) is 0 Å². The minimum atomic E-state index is -4.62. The zero-order chi connectivity index (χ0) is 44.3. The molecule has 0 saturated carbocycles. The Kier molecular flexibility index (Phi) is 40.0. The molecule has 2 atom stereocenters. The highest BCUT2D eigenvalue weighted by molar-refractivity contribution is 7.45. The summed E-state index contributed by atoms with van der Waals surface area (Å²) in [5.74, 6) is -0.854. The molecular formula is C50H88NO8P. The van der Waals surface area contributed by atoms with E-state index in [1.165, 1.54) is 57.8 Å². The van der Waals surface area contributed by atoms with Crippen LogP contribution in [0.4, 0.5) is 0 Å². The molecule has 0 saturated heterocycles. The number of allylic oxidation sites excluding steroid dienone is 12. The standard InChI is InChI=1S/C50H88NO8P/c1-6-8-10-12-13-14-15-16-17-18-19-20-21-22-23-24-25-26-27-28-29-30-31-32-33-34-35-36-37-39-41-43-50(53)59-48(46-56-49(52)42-40-38-11-9-7-2)47-58-60(54,55)57-45-44-51(3,4)5/h8,10,13-14,16-17,19-20,22-23,25-26,48H,6-7,9,11-12,15,18,21,24,27-47H2,1-5H3/b10-8-,14-13-,17-16-,20-19-,23-22-,26-25-. The van der Waals surface area contributed by atoms with Crippen LogP contribution in [0.1, 0.15) is 181 Å². The van der Waals surface area contributed by atoms with Gasteiger partial charge in [0.2, 0.25) is 0 Å². The summed E-state index contributed by atoms with van der Waals surface area (Å²) >= 11 is 0. The molecule has 0 radical (unpaired) electrons. The van der Waals surface area contributed by atoms with E-state index in [1.807, 2.05) is 21.1 Å². The van der Waals surface area contributed by atoms with Crippen molar-refractivity contribution in [3.8, 4) is 0 Å². The summed E-state index contributed by atoms with van der Waals surface area (Å²) in [4.78, 5) is 37.2. The highest BCUT2D eigenvalue weighted by Crippen LogP contribution is 2.38. The SMILES string of the molecule is CC/C=C\C/C=C\C/C=C\C/C=C\C/C=C\C/C=C\CCCCCCCCCCCCCCC(=O)OC(COC(=O)CCCCCCC)COP(=O)([O-])OCC[N+](C)(C)C. The third-order valence-corrected chi connectivity index (χ3v) is 10.7. The number of nitrogens with zero attached hydrogens (tertiary/aromatic N) is 1. The number of phosphoric ester groups is 1. The maximum absolute atomic E-state index is 12.6. The summed E-state index contributed by atoms with van der Waals surface area (Å²) in [6.07, 6.45) is 52.8. The van der Waals surface area contributed by atoms with Gasteiger partial charge in [0.25, 0.3) is 7.82 Å². The Bertz CT molecular complexity index is 1250. The van der Waals surface area contributed by atoms with Gasteiger partial charge in [0.1, 0.15) is 19.8 Å². The molecule has 0 N–H and O–H groups in total. The van der Waals surface area contributed by atoms with Crippen molar-refractivity contribution in [2.24, 2.45) is 0 Å². The summed E-state index contributed by atoms with van der Waals surface area (Å²) in [5.41, 5.74) is 0. The van der Waals surface area contributed by atoms with E-state index in [4.69, 9.17) is 18.5 Å². The van der Waals surface area contributed by atoms with Crippen LogP contribution >= 0.6 is 7.82 Å². The zero-order valence-electron chi connectivity index (χ0n) is 38.9. The van der Waals surface area contributed by atoms with Gasteiger partial charge in [-0.2, -0.15) is 0 Å². The number of ether oxygens (including phenoxy) is 2. The fraction of sp³-hybridized carbons (Fsp3) is 0.720. The van der Waals surface area contributed by atoms with Gasteiger partial charge >= 0.3 is 11.9 Å². The van der Waals surface area contributed by atoms with Gasteiger partial charge < -0.3 is 27.9 Å². The number of carbonyl (C=O) groups excluding carboxylic acids is 2. The molecule has 0 aliphatic rings. The second-order valence-electron chi connectivity index (χ2n) is 16.7. The van der Waals surface area contributed by atoms with Gasteiger partial charge in [-0.25, -0.2) is 0 Å². The predicted octanol–water partition coefficient (Wildman–Crippen LogP) is 13.2. The third kappa shape index (κ3) is 45.0. The Morgan fingerprint density at radius 3 is 1.42 bits per heavy atom. The summed E-state index contributed by atoms with van der Waals surface area (Å²) in [5, 5.41) is 0. The molecule has 2 unspecified atom stereocenters. The molecule has 346 valence electrons. The quantitative estimate of drug-likeness (QED) is 0.0196. The van der Waals surface area contributed by atoms with Gasteiger partial charge in [0.05, 0.1) is 27.7 Å². The number of likely N-dealkylation sites (N-methyl/N-ethyl adjacent to an activating group) is 1. The van der Waals surface area contributed by atoms with Crippen LogP contribution < -0.4 is 4.89 Å². The second-order valence-corrected chi connectivity index (χ2v) is 18.2. The number of quaternary nitrogens is 1. The number of hydrogen-bond acceptors (Lipinski definition) is 8. The Hall–Kier alpha value is -2.55. The number of esters is 2. The number of unbranched alkanes of at least 4 members (excludes halogenated alkanes) is 16. The lowest BCUT2D eigenvalue weighted by Gasteiger charge is -2.28. The van der Waals surface area contributed by atoms with Crippen molar-refractivity contribution >= 4 is 19.8 Å². The molecular weight excluding hydrogens is 774 g/mol. The fourth-order valence-corrected chi connectivity index (χ4v) is 6.80. The minimum Gasteiger partial charge on any atom is -0.756 e. The summed E-state index contributed by atoms with van der Waals surface area (Å²) in [6.45, 7) is 4.00. The van der Waals surface area contributed by atoms with Gasteiger partial charge in [-0.15, -0.1) is 0 Å². The molecule has 0 aliphatic heterocycles. The van der Waals surface area contributed by atoms with Gasteiger partial charge in [-0.3, -0.25) is 14.2 Å². The van der Waals surface area contributed by atoms with Gasteiger partial charge in [0, 0.05) is 12.8 Å². The fourth-order valence-electron chi connectivity index (χ4n) is 6.07. The Morgan fingerprint density at radius 1 is 0.533 bits per heavy atom. The number of carbonyl (C=O) groups is 2. The highest BCUT2D eigenvalue weighted by Gasteiger charge is 2.21. The van der Waals surface area contributed by atoms with Crippen LogP contribution in [-0.2, 0) is 32.7 Å². The molecule has 0 heterocycles. The van der Waals surface area contributed by atoms with Gasteiger partial charge in [-0.1, -0.05) is 177 Å². The summed E-state index contributed by atoms with van der Waals surface area (Å²) in [7, 11) is 1.16. The van der Waals surface area contributed by atoms with E-state index in [1.54, 1.807) is 0 Å². The molecule has 0 fully saturated rings. The average Bonchev–Trinajstić information content (AvgIpc) is 3.20. The Labute approximate surface area is 368 Å². The van der Waals surface area contributed by atoms with E-state index in [2.05, 4.69) is 86.8 Å². The first-order valence-corrected chi connectivity index (χ1v) is 25.1. The molecule has 0 aromatic rings. The van der Waals surface area contributed by atoms with E-state index < -0.39 is 32.5 Å². The second kappa shape index (κ2) is 41.8. The van der Waals surface area contributed by atoms with Crippen LogP contribution in [0, 0.1) is 0 Å². The van der Waals surface area contributed by atoms with Crippen LogP contribution in [0.15, 0.2) is 72.9 Å². The first kappa shape index (κ1) is 57.4. The van der Waals surface area contributed by atoms with E-state index in [9.17, 15) is 19.0 Å². The van der Waals surface area contributed by atoms with Crippen LogP contribution in [0.25, 0.3) is 0 Å². The predicted molar refractivity (Wildman–Crippen MR) is 249 cm³/mol. The maximum Gasteiger partial charge on any atom is 0.306 e. The molecule has 10 heteroatoms. The summed E-state index contributed by atoms with van der Waals surface area (Å²) in [6, 6.07) is 0. The van der Waals surface area contributed by atoms with Crippen molar-refractivity contribution in [1.82, 2.24) is 0 Å². The zero-order valence-corrected chi connectivity index (χ0v) is 39.8. The van der Waals surface area contributed by atoms with Crippen LogP contribution in [0.2, 0.25) is 0 Å². The Balaban J connectivity index is 4.00. The first-order chi connectivity index (χ1) is 29.0. The third-order valence-electron chi connectivity index (χ3n) is 9.74. The molecule has 0 amide bonds. The molecule has 0 aliphatic carbocycles. The lowest BCUT2D eigenvalue weighted by molar-refractivity contribution is -0.870. The largest absolute Gasteiger partial charge is 0.756 e. The van der Waals surface area contributed by atoms with E-state index in [-0.39, 0.29) is 26.1 Å². The van der Waals surface area contributed by atoms with Crippen molar-refractivity contribution in [2.45, 2.75) is 187 Å². The summed E-state index contributed by atoms with van der Waals surface area (Å²) < 4.78 is 33.7. The van der Waals surface area contributed by atoms with Crippen LogP contribution in [-0.4, -0.2) is 70.0 Å². The normalized spacial score (nSPS) is 14.2. The molecule has 9 nitrogen and oxygen atoms in total. The molecule has 0 bridgehead atoms. The molecule has 0 spiro atoms. The van der Waals surface area contributed by atoms with E-state index in [0.717, 1.165) is 89.9 Å². The van der Waals surface area contributed by atoms with Crippen molar-refractivity contribution < 1.29 is 42.1 Å². The molecule has 0 rings (SSSR count). The number of phosphoric acid groups is 1.